The number of phenolic OH excluding ortho intramolecular Hbond substituents is 1. The van der Waals surface area contributed by atoms with Crippen LogP contribution in [0.5, 0.6) is 5.75 Å². The van der Waals surface area contributed by atoms with Gasteiger partial charge in [-0.2, -0.15) is 0 Å². The van der Waals surface area contributed by atoms with Crippen molar-refractivity contribution in [3.8, 4) is 5.75 Å². The number of piperidine rings is 2. The Labute approximate surface area is 158 Å². The molecule has 27 heavy (non-hydrogen) atoms. The van der Waals surface area contributed by atoms with Crippen LogP contribution in [-0.2, 0) is 9.59 Å². The highest BCUT2D eigenvalue weighted by Crippen LogP contribution is 2.26. The lowest BCUT2D eigenvalue weighted by Crippen LogP contribution is -2.52. The third-order valence-electron chi connectivity index (χ3n) is 5.16. The number of anilines is 1. The highest BCUT2D eigenvalue weighted by molar-refractivity contribution is 6.02. The highest BCUT2D eigenvalue weighted by atomic mass is 16.3. The van der Waals surface area contributed by atoms with Gasteiger partial charge in [-0.15, -0.1) is 0 Å². The maximum absolute atomic E-state index is 13.0. The van der Waals surface area contributed by atoms with Crippen LogP contribution in [0.2, 0.25) is 0 Å². The molecule has 0 saturated carbocycles. The van der Waals surface area contributed by atoms with E-state index in [1.807, 2.05) is 4.90 Å². The highest BCUT2D eigenvalue weighted by Gasteiger charge is 2.32. The van der Waals surface area contributed by atoms with Crippen LogP contribution in [0.3, 0.4) is 0 Å². The summed E-state index contributed by atoms with van der Waals surface area (Å²) in [5.41, 5.74) is 0.559. The van der Waals surface area contributed by atoms with E-state index in [4.69, 9.17) is 0 Å². The molecule has 7 nitrogen and oxygen atoms in total. The monoisotopic (exact) mass is 371 g/mol. The third kappa shape index (κ3) is 4.30. The Bertz CT molecular complexity index is 762. The molecule has 3 amide bonds. The van der Waals surface area contributed by atoms with E-state index in [1.54, 1.807) is 4.90 Å². The van der Waals surface area contributed by atoms with E-state index in [2.05, 4.69) is 11.9 Å². The van der Waals surface area contributed by atoms with Gasteiger partial charge in [0, 0.05) is 37.8 Å². The van der Waals surface area contributed by atoms with Crippen LogP contribution in [0.25, 0.3) is 0 Å². The normalized spacial score (nSPS) is 20.3. The van der Waals surface area contributed by atoms with Crippen LogP contribution in [0.15, 0.2) is 30.9 Å². The van der Waals surface area contributed by atoms with Crippen LogP contribution >= 0.6 is 0 Å². The van der Waals surface area contributed by atoms with Crippen molar-refractivity contribution in [1.29, 1.82) is 0 Å². The van der Waals surface area contributed by atoms with E-state index >= 15 is 0 Å². The molecule has 2 aliphatic heterocycles. The first kappa shape index (κ1) is 18.9. The van der Waals surface area contributed by atoms with Crippen LogP contribution < -0.4 is 5.32 Å². The van der Waals surface area contributed by atoms with E-state index in [1.165, 1.54) is 18.2 Å². The molecule has 2 fully saturated rings. The number of rotatable bonds is 4. The molecule has 7 heteroatoms. The SMILES string of the molecule is C=CC(=O)Nc1ccc(O)c(C(=O)N2CCCC(N3CCCCC3=O)C2)c1. The zero-order chi connectivity index (χ0) is 19.4. The number of likely N-dealkylation sites (tertiary alicyclic amines) is 2. The van der Waals surface area contributed by atoms with Gasteiger partial charge < -0.3 is 20.2 Å². The summed E-state index contributed by atoms with van der Waals surface area (Å²) < 4.78 is 0. The fourth-order valence-corrected chi connectivity index (χ4v) is 3.76. The van der Waals surface area contributed by atoms with Gasteiger partial charge in [-0.05, 0) is 50.0 Å². The molecule has 1 atom stereocenters. The van der Waals surface area contributed by atoms with Gasteiger partial charge in [-0.1, -0.05) is 6.58 Å². The van der Waals surface area contributed by atoms with Gasteiger partial charge in [-0.3, -0.25) is 14.4 Å². The maximum Gasteiger partial charge on any atom is 0.257 e. The summed E-state index contributed by atoms with van der Waals surface area (Å²) in [5, 5.41) is 12.7. The van der Waals surface area contributed by atoms with E-state index in [-0.39, 0.29) is 35.1 Å². The van der Waals surface area contributed by atoms with Gasteiger partial charge in [-0.25, -0.2) is 0 Å². The second-order valence-electron chi connectivity index (χ2n) is 7.02. The minimum Gasteiger partial charge on any atom is -0.507 e. The molecular formula is C20H25N3O4. The van der Waals surface area contributed by atoms with Crippen LogP contribution in [0, 0.1) is 0 Å². The van der Waals surface area contributed by atoms with Crippen molar-refractivity contribution in [2.45, 2.75) is 38.1 Å². The number of hydrogen-bond donors (Lipinski definition) is 2. The summed E-state index contributed by atoms with van der Waals surface area (Å²) in [7, 11) is 0. The third-order valence-corrected chi connectivity index (χ3v) is 5.16. The van der Waals surface area contributed by atoms with Gasteiger partial charge in [0.25, 0.3) is 5.91 Å². The van der Waals surface area contributed by atoms with Crippen molar-refractivity contribution < 1.29 is 19.5 Å². The molecule has 144 valence electrons. The van der Waals surface area contributed by atoms with E-state index in [9.17, 15) is 19.5 Å². The summed E-state index contributed by atoms with van der Waals surface area (Å²) in [5.74, 6) is -0.651. The number of nitrogens with one attached hydrogen (secondary N) is 1. The standard InChI is InChI=1S/C20H25N3O4/c1-2-18(25)21-14-8-9-17(24)16(12-14)20(27)22-10-5-6-15(13-22)23-11-4-3-7-19(23)26/h2,8-9,12,15,24H,1,3-7,10-11,13H2,(H,21,25). The van der Waals surface area contributed by atoms with Crippen molar-refractivity contribution in [2.24, 2.45) is 0 Å². The van der Waals surface area contributed by atoms with Crippen molar-refractivity contribution in [2.75, 3.05) is 25.0 Å². The van der Waals surface area contributed by atoms with Gasteiger partial charge in [0.1, 0.15) is 5.75 Å². The quantitative estimate of drug-likeness (QED) is 0.627. The number of hydrogen-bond acceptors (Lipinski definition) is 4. The second kappa shape index (κ2) is 8.24. The Balaban J connectivity index is 1.74. The molecule has 1 aromatic rings. The summed E-state index contributed by atoms with van der Waals surface area (Å²) in [6, 6.07) is 4.41. The Kier molecular flexibility index (Phi) is 5.78. The largest absolute Gasteiger partial charge is 0.507 e. The zero-order valence-corrected chi connectivity index (χ0v) is 15.3. The topological polar surface area (TPSA) is 89.9 Å². The van der Waals surface area contributed by atoms with Crippen molar-refractivity contribution in [3.63, 3.8) is 0 Å². The Morgan fingerprint density at radius 2 is 2.04 bits per heavy atom. The maximum atomic E-state index is 13.0. The summed E-state index contributed by atoms with van der Waals surface area (Å²) >= 11 is 0. The van der Waals surface area contributed by atoms with Crippen molar-refractivity contribution in [3.05, 3.63) is 36.4 Å². The lowest BCUT2D eigenvalue weighted by molar-refractivity contribution is -0.136. The molecule has 2 N–H and O–H groups in total. The number of nitrogens with zero attached hydrogens (tertiary/aromatic N) is 2. The second-order valence-corrected chi connectivity index (χ2v) is 7.02. The van der Waals surface area contributed by atoms with Gasteiger partial charge in [0.05, 0.1) is 5.56 Å². The fourth-order valence-electron chi connectivity index (χ4n) is 3.76. The van der Waals surface area contributed by atoms with E-state index < -0.39 is 0 Å². The van der Waals surface area contributed by atoms with Crippen molar-refractivity contribution >= 4 is 23.4 Å². The molecule has 1 aromatic carbocycles. The molecule has 0 radical (unpaired) electrons. The average Bonchev–Trinajstić information content (AvgIpc) is 2.69. The summed E-state index contributed by atoms with van der Waals surface area (Å²) in [6.45, 7) is 5.19. The first-order valence-corrected chi connectivity index (χ1v) is 9.35. The first-order chi connectivity index (χ1) is 13.0. The van der Waals surface area contributed by atoms with Gasteiger partial charge >= 0.3 is 0 Å². The van der Waals surface area contributed by atoms with Crippen LogP contribution in [0.4, 0.5) is 5.69 Å². The Morgan fingerprint density at radius 1 is 1.22 bits per heavy atom. The minimum atomic E-state index is -0.388. The molecule has 0 bridgehead atoms. The summed E-state index contributed by atoms with van der Waals surface area (Å²) in [4.78, 5) is 40.2. The lowest BCUT2D eigenvalue weighted by atomic mass is 9.99. The predicted octanol–water partition coefficient (Wildman–Crippen LogP) is 2.13. The molecule has 2 heterocycles. The molecule has 0 aromatic heterocycles. The number of amides is 3. The number of phenols is 1. The number of carbonyl (C=O) groups excluding carboxylic acids is 3. The fraction of sp³-hybridized carbons (Fsp3) is 0.450. The Morgan fingerprint density at radius 3 is 2.78 bits per heavy atom. The molecular weight excluding hydrogens is 346 g/mol. The molecule has 3 rings (SSSR count). The number of benzene rings is 1. The molecule has 2 aliphatic rings. The van der Waals surface area contributed by atoms with E-state index in [0.717, 1.165) is 38.3 Å². The molecule has 0 aliphatic carbocycles. The minimum absolute atomic E-state index is 0.0290. The molecule has 2 saturated heterocycles. The molecule has 0 spiro atoms. The van der Waals surface area contributed by atoms with Crippen LogP contribution in [-0.4, -0.2) is 58.3 Å². The average molecular weight is 371 g/mol. The number of aromatic hydroxyl groups is 1. The smallest absolute Gasteiger partial charge is 0.257 e. The number of carbonyl (C=O) groups is 3. The Hall–Kier alpha value is -2.83. The first-order valence-electron chi connectivity index (χ1n) is 9.35. The lowest BCUT2D eigenvalue weighted by Gasteiger charge is -2.41. The van der Waals surface area contributed by atoms with Crippen molar-refractivity contribution in [1.82, 2.24) is 9.80 Å². The van der Waals surface area contributed by atoms with E-state index in [0.29, 0.717) is 25.2 Å². The summed E-state index contributed by atoms with van der Waals surface area (Å²) in [6.07, 6.45) is 5.35. The predicted molar refractivity (Wildman–Crippen MR) is 101 cm³/mol. The van der Waals surface area contributed by atoms with Gasteiger partial charge in [0.2, 0.25) is 11.8 Å². The molecule has 1 unspecified atom stereocenters. The van der Waals surface area contributed by atoms with Crippen LogP contribution in [0.1, 0.15) is 42.5 Å². The zero-order valence-electron chi connectivity index (χ0n) is 15.3. The van der Waals surface area contributed by atoms with Gasteiger partial charge in [0.15, 0.2) is 0 Å².